The number of amides is 1. The van der Waals surface area contributed by atoms with E-state index in [0.717, 1.165) is 4.96 Å². The van der Waals surface area contributed by atoms with Gasteiger partial charge in [-0.2, -0.15) is 4.31 Å². The van der Waals surface area contributed by atoms with E-state index in [0.29, 0.717) is 47.2 Å². The number of benzene rings is 1. The van der Waals surface area contributed by atoms with Crippen LogP contribution in [0.3, 0.4) is 0 Å². The molecule has 4 aromatic rings. The number of hydrogen-bond donors (Lipinski definition) is 1. The predicted molar refractivity (Wildman–Crippen MR) is 123 cm³/mol. The molecule has 11 heteroatoms. The second kappa shape index (κ2) is 8.39. The van der Waals surface area contributed by atoms with Gasteiger partial charge in [0.25, 0.3) is 10.0 Å². The SMILES string of the molecule is O=C(Nc1c(-c2ccc(F)cc2)nc2sccn12)C1CCN(S(=O)(=O)c2cccs2)CC1. The summed E-state index contributed by atoms with van der Waals surface area (Å²) in [4.78, 5) is 18.4. The summed E-state index contributed by atoms with van der Waals surface area (Å²) in [6.45, 7) is 0.590. The van der Waals surface area contributed by atoms with Crippen molar-refractivity contribution in [3.05, 3.63) is 59.2 Å². The fourth-order valence-corrected chi connectivity index (χ4v) is 7.16. The average Bonchev–Trinajstić information content (AvgIpc) is 3.54. The number of hydrogen-bond acceptors (Lipinski definition) is 6. The highest BCUT2D eigenvalue weighted by Crippen LogP contribution is 2.32. The number of imidazole rings is 1. The topological polar surface area (TPSA) is 83.8 Å². The highest BCUT2D eigenvalue weighted by molar-refractivity contribution is 7.91. The van der Waals surface area contributed by atoms with Crippen LogP contribution >= 0.6 is 22.7 Å². The van der Waals surface area contributed by atoms with Crippen molar-refractivity contribution >= 4 is 49.4 Å². The maximum absolute atomic E-state index is 13.4. The van der Waals surface area contributed by atoms with Crippen molar-refractivity contribution in [3.8, 4) is 11.3 Å². The molecular weight excluding hydrogens is 471 g/mol. The summed E-state index contributed by atoms with van der Waals surface area (Å²) < 4.78 is 42.4. The lowest BCUT2D eigenvalue weighted by Crippen LogP contribution is -2.41. The van der Waals surface area contributed by atoms with E-state index in [-0.39, 0.29) is 17.6 Å². The number of piperidine rings is 1. The summed E-state index contributed by atoms with van der Waals surface area (Å²) in [6.07, 6.45) is 2.70. The summed E-state index contributed by atoms with van der Waals surface area (Å²) in [5.74, 6) is -0.291. The van der Waals surface area contributed by atoms with Crippen LogP contribution < -0.4 is 5.32 Å². The van der Waals surface area contributed by atoms with Gasteiger partial charge in [0.1, 0.15) is 21.5 Å². The molecule has 0 unspecified atom stereocenters. The van der Waals surface area contributed by atoms with E-state index in [1.807, 2.05) is 11.6 Å². The van der Waals surface area contributed by atoms with Crippen LogP contribution in [0.1, 0.15) is 12.8 Å². The van der Waals surface area contributed by atoms with Gasteiger partial charge in [-0.05, 0) is 48.6 Å². The number of nitrogens with zero attached hydrogens (tertiary/aromatic N) is 3. The first-order chi connectivity index (χ1) is 15.4. The zero-order valence-corrected chi connectivity index (χ0v) is 19.2. The molecule has 1 N–H and O–H groups in total. The number of aromatic nitrogens is 2. The Morgan fingerprint density at radius 1 is 1.09 bits per heavy atom. The van der Waals surface area contributed by atoms with Crippen molar-refractivity contribution < 1.29 is 17.6 Å². The summed E-state index contributed by atoms with van der Waals surface area (Å²) in [5, 5.41) is 6.61. The van der Waals surface area contributed by atoms with Gasteiger partial charge in [-0.15, -0.1) is 22.7 Å². The Balaban J connectivity index is 1.33. The second-order valence-corrected chi connectivity index (χ2v) is 11.5. The smallest absolute Gasteiger partial charge is 0.252 e. The lowest BCUT2D eigenvalue weighted by molar-refractivity contribution is -0.120. The second-order valence-electron chi connectivity index (χ2n) is 7.47. The van der Waals surface area contributed by atoms with Crippen LogP contribution in [-0.4, -0.2) is 41.1 Å². The lowest BCUT2D eigenvalue weighted by atomic mass is 9.97. The van der Waals surface area contributed by atoms with Gasteiger partial charge >= 0.3 is 0 Å². The zero-order chi connectivity index (χ0) is 22.3. The van der Waals surface area contributed by atoms with Gasteiger partial charge in [-0.1, -0.05) is 6.07 Å². The molecule has 1 saturated heterocycles. The van der Waals surface area contributed by atoms with Crippen molar-refractivity contribution in [2.24, 2.45) is 5.92 Å². The van der Waals surface area contributed by atoms with Crippen LogP contribution in [0.5, 0.6) is 0 Å². The molecule has 0 aliphatic carbocycles. The first kappa shape index (κ1) is 21.3. The Morgan fingerprint density at radius 3 is 2.53 bits per heavy atom. The van der Waals surface area contributed by atoms with Gasteiger partial charge in [-0.3, -0.25) is 9.20 Å². The number of fused-ring (bicyclic) bond motifs is 1. The lowest BCUT2D eigenvalue weighted by Gasteiger charge is -2.30. The Labute approximate surface area is 192 Å². The van der Waals surface area contributed by atoms with E-state index in [1.165, 1.54) is 39.1 Å². The van der Waals surface area contributed by atoms with Crippen LogP contribution in [0.15, 0.2) is 57.6 Å². The maximum atomic E-state index is 13.4. The van der Waals surface area contributed by atoms with Crippen molar-refractivity contribution in [1.82, 2.24) is 13.7 Å². The van der Waals surface area contributed by atoms with Crippen LogP contribution in [0.4, 0.5) is 10.2 Å². The number of anilines is 1. The minimum absolute atomic E-state index is 0.172. The molecule has 0 bridgehead atoms. The highest BCUT2D eigenvalue weighted by atomic mass is 32.2. The van der Waals surface area contributed by atoms with E-state index in [4.69, 9.17) is 0 Å². The molecule has 0 atom stereocenters. The number of carbonyl (C=O) groups is 1. The third-order valence-corrected chi connectivity index (χ3v) is 9.56. The Morgan fingerprint density at radius 2 is 1.84 bits per heavy atom. The molecule has 1 fully saturated rings. The number of nitrogens with one attached hydrogen (secondary N) is 1. The molecule has 7 nitrogen and oxygen atoms in total. The van der Waals surface area contributed by atoms with Gasteiger partial charge in [0, 0.05) is 36.1 Å². The van der Waals surface area contributed by atoms with Gasteiger partial charge in [0.2, 0.25) is 5.91 Å². The number of halogens is 1. The van der Waals surface area contributed by atoms with Crippen LogP contribution in [0, 0.1) is 11.7 Å². The van der Waals surface area contributed by atoms with Gasteiger partial charge in [0.15, 0.2) is 4.96 Å². The van der Waals surface area contributed by atoms with E-state index < -0.39 is 10.0 Å². The van der Waals surface area contributed by atoms with Crippen LogP contribution in [0.25, 0.3) is 16.2 Å². The van der Waals surface area contributed by atoms with E-state index in [2.05, 4.69) is 10.3 Å². The normalized spacial score (nSPS) is 15.9. The molecule has 0 saturated carbocycles. The van der Waals surface area contributed by atoms with E-state index in [9.17, 15) is 17.6 Å². The molecule has 1 aliphatic rings. The minimum atomic E-state index is -3.51. The molecule has 4 heterocycles. The van der Waals surface area contributed by atoms with Crippen molar-refractivity contribution in [2.45, 2.75) is 17.1 Å². The van der Waals surface area contributed by atoms with E-state index in [1.54, 1.807) is 34.0 Å². The highest BCUT2D eigenvalue weighted by Gasteiger charge is 2.33. The molecule has 0 radical (unpaired) electrons. The number of rotatable bonds is 5. The quantitative estimate of drug-likeness (QED) is 0.452. The molecular formula is C21H19FN4O3S3. The van der Waals surface area contributed by atoms with Gasteiger partial charge in [-0.25, -0.2) is 17.8 Å². The number of sulfonamides is 1. The van der Waals surface area contributed by atoms with Crippen LogP contribution in [-0.2, 0) is 14.8 Å². The molecule has 1 aliphatic heterocycles. The maximum Gasteiger partial charge on any atom is 0.252 e. The summed E-state index contributed by atoms with van der Waals surface area (Å²) in [7, 11) is -3.51. The molecule has 5 rings (SSSR count). The predicted octanol–water partition coefficient (Wildman–Crippen LogP) is 4.30. The Kier molecular flexibility index (Phi) is 5.58. The zero-order valence-electron chi connectivity index (χ0n) is 16.8. The fourth-order valence-electron chi connectivity index (χ4n) is 3.83. The standard InChI is InChI=1S/C21H19FN4O3S3/c22-16-5-3-14(4-6-16)18-19(26-11-13-31-21(26)23-18)24-20(27)15-7-9-25(10-8-15)32(28,29)17-2-1-12-30-17/h1-6,11-13,15H,7-10H2,(H,24,27). The monoisotopic (exact) mass is 490 g/mol. The number of carbonyl (C=O) groups excluding carboxylic acids is 1. The minimum Gasteiger partial charge on any atom is -0.310 e. The molecule has 0 spiro atoms. The Hall–Kier alpha value is -2.60. The van der Waals surface area contributed by atoms with Crippen molar-refractivity contribution in [1.29, 1.82) is 0 Å². The van der Waals surface area contributed by atoms with Gasteiger partial charge < -0.3 is 5.32 Å². The average molecular weight is 491 g/mol. The van der Waals surface area contributed by atoms with Crippen molar-refractivity contribution in [2.75, 3.05) is 18.4 Å². The third kappa shape index (κ3) is 3.85. The largest absolute Gasteiger partial charge is 0.310 e. The molecule has 32 heavy (non-hydrogen) atoms. The number of thiazole rings is 1. The summed E-state index contributed by atoms with van der Waals surface area (Å²) in [5.41, 5.74) is 1.28. The van der Waals surface area contributed by atoms with Crippen molar-refractivity contribution in [3.63, 3.8) is 0 Å². The van der Waals surface area contributed by atoms with E-state index >= 15 is 0 Å². The summed E-state index contributed by atoms with van der Waals surface area (Å²) >= 11 is 2.63. The third-order valence-electron chi connectivity index (χ3n) is 5.54. The fraction of sp³-hybridized carbons (Fsp3) is 0.238. The Bertz CT molecular complexity index is 1350. The molecule has 3 aromatic heterocycles. The summed E-state index contributed by atoms with van der Waals surface area (Å²) in [6, 6.07) is 9.29. The first-order valence-corrected chi connectivity index (χ1v) is 13.2. The van der Waals surface area contributed by atoms with Gasteiger partial charge in [0.05, 0.1) is 0 Å². The number of thiophene rings is 1. The van der Waals surface area contributed by atoms with Crippen LogP contribution in [0.2, 0.25) is 0 Å². The molecule has 1 aromatic carbocycles. The molecule has 166 valence electrons. The molecule has 1 amide bonds. The first-order valence-electron chi connectivity index (χ1n) is 9.99.